The number of hydrogen-bond acceptors (Lipinski definition) is 3. The van der Waals surface area contributed by atoms with Gasteiger partial charge in [-0.25, -0.2) is 0 Å². The third-order valence-corrected chi connectivity index (χ3v) is 4.76. The van der Waals surface area contributed by atoms with Gasteiger partial charge in [0.05, 0.1) is 17.9 Å². The molecule has 5 heteroatoms. The molecule has 4 atom stereocenters. The van der Waals surface area contributed by atoms with E-state index in [9.17, 15) is 14.7 Å². The zero-order chi connectivity index (χ0) is 15.7. The Hall–Kier alpha value is -1.88. The number of benzene rings is 1. The lowest BCUT2D eigenvalue weighted by Crippen LogP contribution is -2.38. The summed E-state index contributed by atoms with van der Waals surface area (Å²) in [5.74, 6) is -1.78. The molecular weight excluding hydrogens is 282 g/mol. The van der Waals surface area contributed by atoms with Crippen LogP contribution in [-0.2, 0) is 9.59 Å². The van der Waals surface area contributed by atoms with Crippen LogP contribution in [0.15, 0.2) is 30.3 Å². The summed E-state index contributed by atoms with van der Waals surface area (Å²) in [5, 5.41) is 19.3. The molecule has 22 heavy (non-hydrogen) atoms. The fourth-order valence-corrected chi connectivity index (χ4v) is 3.39. The summed E-state index contributed by atoms with van der Waals surface area (Å²) in [4.78, 5) is 25.1. The van der Waals surface area contributed by atoms with Crippen molar-refractivity contribution >= 4 is 11.9 Å². The van der Waals surface area contributed by atoms with Gasteiger partial charge >= 0.3 is 5.97 Å². The van der Waals surface area contributed by atoms with Crippen molar-refractivity contribution in [1.82, 2.24) is 4.90 Å². The van der Waals surface area contributed by atoms with Crippen molar-refractivity contribution in [3.63, 3.8) is 0 Å². The lowest BCUT2D eigenvalue weighted by atomic mass is 10.0. The lowest BCUT2D eigenvalue weighted by Gasteiger charge is -2.27. The first-order valence-corrected chi connectivity index (χ1v) is 7.84. The topological polar surface area (TPSA) is 77.8 Å². The van der Waals surface area contributed by atoms with E-state index in [1.807, 2.05) is 30.3 Å². The van der Waals surface area contributed by atoms with Crippen LogP contribution in [0, 0.1) is 11.8 Å². The molecule has 0 aromatic heterocycles. The van der Waals surface area contributed by atoms with Gasteiger partial charge in [-0.2, -0.15) is 0 Å². The standard InChI is InChI=1S/C17H21NO4/c19-15(11-5-2-1-3-6-11)9-12-7-4-8-18(12)16(20)13-10-14(13)17(21)22/h1-3,5-6,12-15,19H,4,7-10H2,(H,21,22)/t12-,13-,14+,15+/m0/s1. The highest BCUT2D eigenvalue weighted by Crippen LogP contribution is 2.42. The number of likely N-dealkylation sites (tertiary alicyclic amines) is 1. The van der Waals surface area contributed by atoms with Crippen LogP contribution in [0.5, 0.6) is 0 Å². The van der Waals surface area contributed by atoms with Crippen molar-refractivity contribution in [2.45, 2.75) is 37.8 Å². The van der Waals surface area contributed by atoms with Crippen molar-refractivity contribution in [2.75, 3.05) is 6.54 Å². The van der Waals surface area contributed by atoms with Crippen LogP contribution in [0.2, 0.25) is 0 Å². The van der Waals surface area contributed by atoms with Crippen LogP contribution >= 0.6 is 0 Å². The van der Waals surface area contributed by atoms with Gasteiger partial charge < -0.3 is 15.1 Å². The highest BCUT2D eigenvalue weighted by Gasteiger charge is 2.51. The normalized spacial score (nSPS) is 28.4. The Balaban J connectivity index is 1.61. The molecule has 2 aliphatic rings. The maximum atomic E-state index is 12.4. The highest BCUT2D eigenvalue weighted by atomic mass is 16.4. The van der Waals surface area contributed by atoms with E-state index in [1.54, 1.807) is 4.90 Å². The average molecular weight is 303 g/mol. The van der Waals surface area contributed by atoms with Crippen molar-refractivity contribution in [3.05, 3.63) is 35.9 Å². The van der Waals surface area contributed by atoms with Gasteiger partial charge in [-0.1, -0.05) is 30.3 Å². The fraction of sp³-hybridized carbons (Fsp3) is 0.529. The van der Waals surface area contributed by atoms with E-state index in [2.05, 4.69) is 0 Å². The van der Waals surface area contributed by atoms with Crippen LogP contribution in [0.4, 0.5) is 0 Å². The van der Waals surface area contributed by atoms with Gasteiger partial charge in [0, 0.05) is 12.6 Å². The first-order chi connectivity index (χ1) is 10.6. The Kier molecular flexibility index (Phi) is 4.16. The molecule has 1 saturated carbocycles. The van der Waals surface area contributed by atoms with E-state index < -0.39 is 18.0 Å². The Morgan fingerprint density at radius 3 is 2.59 bits per heavy atom. The zero-order valence-electron chi connectivity index (χ0n) is 12.4. The molecule has 5 nitrogen and oxygen atoms in total. The van der Waals surface area contributed by atoms with Gasteiger partial charge in [0.25, 0.3) is 0 Å². The Labute approximate surface area is 129 Å². The predicted octanol–water partition coefficient (Wildman–Crippen LogP) is 1.82. The minimum atomic E-state index is -0.876. The summed E-state index contributed by atoms with van der Waals surface area (Å²) < 4.78 is 0. The minimum absolute atomic E-state index is 0.0118. The molecule has 1 amide bonds. The van der Waals surface area contributed by atoms with E-state index in [4.69, 9.17) is 5.11 Å². The highest BCUT2D eigenvalue weighted by molar-refractivity contribution is 5.89. The summed E-state index contributed by atoms with van der Waals surface area (Å²) >= 11 is 0. The van der Waals surface area contributed by atoms with Crippen molar-refractivity contribution in [2.24, 2.45) is 11.8 Å². The molecule has 118 valence electrons. The van der Waals surface area contributed by atoms with Gasteiger partial charge in [-0.05, 0) is 31.2 Å². The molecule has 1 saturated heterocycles. The first kappa shape index (κ1) is 15.0. The maximum absolute atomic E-state index is 12.4. The van der Waals surface area contributed by atoms with Crippen LogP contribution < -0.4 is 0 Å². The molecule has 3 rings (SSSR count). The van der Waals surface area contributed by atoms with Crippen molar-refractivity contribution in [3.8, 4) is 0 Å². The first-order valence-electron chi connectivity index (χ1n) is 7.84. The SMILES string of the molecule is O=C(O)[C@@H]1C[C@@H]1C(=O)N1CCC[C@H]1C[C@@H](O)c1ccccc1. The maximum Gasteiger partial charge on any atom is 0.307 e. The largest absolute Gasteiger partial charge is 0.481 e. The Morgan fingerprint density at radius 1 is 1.23 bits per heavy atom. The van der Waals surface area contributed by atoms with Gasteiger partial charge in [0.1, 0.15) is 0 Å². The van der Waals surface area contributed by atoms with E-state index in [0.717, 1.165) is 18.4 Å². The van der Waals surface area contributed by atoms with E-state index in [1.165, 1.54) is 0 Å². The van der Waals surface area contributed by atoms with Crippen molar-refractivity contribution in [1.29, 1.82) is 0 Å². The van der Waals surface area contributed by atoms with Crippen molar-refractivity contribution < 1.29 is 19.8 Å². The van der Waals surface area contributed by atoms with Crippen LogP contribution in [0.1, 0.15) is 37.4 Å². The summed E-state index contributed by atoms with van der Waals surface area (Å²) in [6.07, 6.45) is 2.18. The number of hydrogen-bond donors (Lipinski definition) is 2. The molecule has 0 unspecified atom stereocenters. The number of carbonyl (C=O) groups excluding carboxylic acids is 1. The average Bonchev–Trinajstić information content (AvgIpc) is 3.21. The molecule has 1 aromatic rings. The molecule has 2 N–H and O–H groups in total. The van der Waals surface area contributed by atoms with E-state index in [0.29, 0.717) is 19.4 Å². The molecule has 1 aromatic carbocycles. The van der Waals surface area contributed by atoms with E-state index in [-0.39, 0.29) is 17.9 Å². The Morgan fingerprint density at radius 2 is 1.95 bits per heavy atom. The monoisotopic (exact) mass is 303 g/mol. The minimum Gasteiger partial charge on any atom is -0.481 e. The summed E-state index contributed by atoms with van der Waals surface area (Å²) in [6, 6.07) is 9.45. The second-order valence-corrected chi connectivity index (χ2v) is 6.28. The molecule has 1 aliphatic carbocycles. The number of carboxylic acids is 1. The molecule has 2 fully saturated rings. The molecule has 0 bridgehead atoms. The van der Waals surface area contributed by atoms with Crippen LogP contribution in [0.3, 0.4) is 0 Å². The van der Waals surface area contributed by atoms with Gasteiger partial charge in [0.2, 0.25) is 5.91 Å². The number of aliphatic hydroxyl groups excluding tert-OH is 1. The molecule has 1 aliphatic heterocycles. The molecule has 1 heterocycles. The second-order valence-electron chi connectivity index (χ2n) is 6.28. The predicted molar refractivity (Wildman–Crippen MR) is 80.0 cm³/mol. The smallest absolute Gasteiger partial charge is 0.307 e. The summed E-state index contributed by atoms with van der Waals surface area (Å²) in [6.45, 7) is 0.674. The zero-order valence-corrected chi connectivity index (χ0v) is 12.4. The van der Waals surface area contributed by atoms with Crippen LogP contribution in [-0.4, -0.2) is 39.6 Å². The molecule has 0 spiro atoms. The number of carboxylic acid groups (broad SMARTS) is 1. The van der Waals surface area contributed by atoms with Gasteiger partial charge in [-0.3, -0.25) is 9.59 Å². The number of rotatable bonds is 5. The third kappa shape index (κ3) is 2.99. The number of nitrogens with zero attached hydrogens (tertiary/aromatic N) is 1. The quantitative estimate of drug-likeness (QED) is 0.870. The number of aliphatic hydroxyl groups is 1. The summed E-state index contributed by atoms with van der Waals surface area (Å²) in [7, 11) is 0. The fourth-order valence-electron chi connectivity index (χ4n) is 3.39. The number of carbonyl (C=O) groups is 2. The Bertz CT molecular complexity index is 559. The summed E-state index contributed by atoms with van der Waals surface area (Å²) in [5.41, 5.74) is 0.858. The van der Waals surface area contributed by atoms with Gasteiger partial charge in [0.15, 0.2) is 0 Å². The molecular formula is C17H21NO4. The van der Waals surface area contributed by atoms with Crippen LogP contribution in [0.25, 0.3) is 0 Å². The van der Waals surface area contributed by atoms with Gasteiger partial charge in [-0.15, -0.1) is 0 Å². The number of amides is 1. The second kappa shape index (κ2) is 6.08. The lowest BCUT2D eigenvalue weighted by molar-refractivity contribution is -0.142. The molecule has 0 radical (unpaired) electrons. The number of aliphatic carboxylic acids is 1. The van der Waals surface area contributed by atoms with E-state index >= 15 is 0 Å². The third-order valence-electron chi connectivity index (χ3n) is 4.76.